The van der Waals surface area contributed by atoms with Gasteiger partial charge in [0.05, 0.1) is 10.6 Å². The average molecular weight is 590 g/mol. The van der Waals surface area contributed by atoms with E-state index in [9.17, 15) is 18.0 Å². The molecule has 1 atom stereocenters. The van der Waals surface area contributed by atoms with Crippen LogP contribution in [0.4, 0.5) is 5.69 Å². The third-order valence-corrected chi connectivity index (χ3v) is 9.99. The van der Waals surface area contributed by atoms with E-state index >= 15 is 0 Å². The summed E-state index contributed by atoms with van der Waals surface area (Å²) in [5, 5.41) is 3.20. The maximum Gasteiger partial charge on any atom is 0.264 e. The van der Waals surface area contributed by atoms with E-state index in [1.807, 2.05) is 64.1 Å². The number of carbonyl (C=O) groups is 2. The van der Waals surface area contributed by atoms with Crippen LogP contribution < -0.4 is 9.62 Å². The third kappa shape index (κ3) is 7.40. The molecule has 0 aliphatic heterocycles. The van der Waals surface area contributed by atoms with Crippen molar-refractivity contribution in [1.82, 2.24) is 10.2 Å². The Morgan fingerprint density at radius 1 is 0.857 bits per heavy atom. The number of rotatable bonds is 11. The number of sulfonamides is 1. The van der Waals surface area contributed by atoms with Gasteiger partial charge in [0.15, 0.2) is 0 Å². The van der Waals surface area contributed by atoms with Gasteiger partial charge < -0.3 is 10.2 Å². The van der Waals surface area contributed by atoms with Crippen molar-refractivity contribution in [3.05, 3.63) is 95.1 Å². The van der Waals surface area contributed by atoms with Gasteiger partial charge in [0, 0.05) is 12.6 Å². The summed E-state index contributed by atoms with van der Waals surface area (Å²) in [4.78, 5) is 29.7. The van der Waals surface area contributed by atoms with Crippen LogP contribution in [-0.4, -0.2) is 43.8 Å². The first-order valence-corrected chi connectivity index (χ1v) is 16.3. The van der Waals surface area contributed by atoms with Crippen LogP contribution in [0.1, 0.15) is 67.7 Å². The maximum absolute atomic E-state index is 14.3. The molecule has 1 fully saturated rings. The van der Waals surface area contributed by atoms with Crippen LogP contribution >= 0.6 is 0 Å². The smallest absolute Gasteiger partial charge is 0.264 e. The summed E-state index contributed by atoms with van der Waals surface area (Å²) in [6.45, 7) is 7.36. The molecule has 8 heteroatoms. The number of hydrogen-bond donors (Lipinski definition) is 1. The fourth-order valence-corrected chi connectivity index (χ4v) is 7.11. The molecule has 224 valence electrons. The quantitative estimate of drug-likeness (QED) is 0.294. The zero-order valence-corrected chi connectivity index (χ0v) is 26.0. The predicted octanol–water partition coefficient (Wildman–Crippen LogP) is 6.06. The van der Waals surface area contributed by atoms with Crippen molar-refractivity contribution in [2.75, 3.05) is 10.8 Å². The molecule has 0 aromatic heterocycles. The van der Waals surface area contributed by atoms with E-state index in [4.69, 9.17) is 0 Å². The van der Waals surface area contributed by atoms with E-state index in [0.717, 1.165) is 47.9 Å². The lowest BCUT2D eigenvalue weighted by Crippen LogP contribution is -2.54. The van der Waals surface area contributed by atoms with Gasteiger partial charge in [-0.3, -0.25) is 13.9 Å². The van der Waals surface area contributed by atoms with Crippen molar-refractivity contribution in [2.45, 2.75) is 89.7 Å². The summed E-state index contributed by atoms with van der Waals surface area (Å²) >= 11 is 0. The summed E-state index contributed by atoms with van der Waals surface area (Å²) in [6, 6.07) is 20.9. The lowest BCUT2D eigenvalue weighted by molar-refractivity contribution is -0.140. The highest BCUT2D eigenvalue weighted by Crippen LogP contribution is 2.28. The Morgan fingerprint density at radius 3 is 2.10 bits per heavy atom. The Kier molecular flexibility index (Phi) is 10.4. The van der Waals surface area contributed by atoms with Crippen molar-refractivity contribution in [2.24, 2.45) is 0 Å². The molecule has 7 nitrogen and oxygen atoms in total. The highest BCUT2D eigenvalue weighted by molar-refractivity contribution is 7.92. The van der Waals surface area contributed by atoms with Crippen LogP contribution in [0.25, 0.3) is 0 Å². The van der Waals surface area contributed by atoms with Gasteiger partial charge in [-0.15, -0.1) is 0 Å². The monoisotopic (exact) mass is 589 g/mol. The first-order valence-electron chi connectivity index (χ1n) is 14.9. The number of benzene rings is 3. The molecular weight excluding hydrogens is 546 g/mol. The second kappa shape index (κ2) is 14.0. The second-order valence-corrected chi connectivity index (χ2v) is 13.2. The first-order chi connectivity index (χ1) is 20.1. The third-order valence-electron chi connectivity index (χ3n) is 8.21. The number of hydrogen-bond acceptors (Lipinski definition) is 4. The van der Waals surface area contributed by atoms with Crippen LogP contribution in [-0.2, 0) is 26.2 Å². The number of nitrogens with one attached hydrogen (secondary N) is 1. The molecule has 1 N–H and O–H groups in total. The van der Waals surface area contributed by atoms with Crippen molar-refractivity contribution >= 4 is 27.5 Å². The van der Waals surface area contributed by atoms with Gasteiger partial charge in [-0.1, -0.05) is 86.3 Å². The minimum atomic E-state index is -4.09. The van der Waals surface area contributed by atoms with Crippen molar-refractivity contribution in [3.8, 4) is 0 Å². The van der Waals surface area contributed by atoms with E-state index in [1.54, 1.807) is 41.3 Å². The highest BCUT2D eigenvalue weighted by Gasteiger charge is 2.35. The highest BCUT2D eigenvalue weighted by atomic mass is 32.2. The molecule has 0 heterocycles. The van der Waals surface area contributed by atoms with Crippen LogP contribution in [0, 0.1) is 20.8 Å². The molecule has 0 saturated heterocycles. The summed E-state index contributed by atoms with van der Waals surface area (Å²) in [7, 11) is -4.09. The Labute approximate surface area is 251 Å². The number of carbonyl (C=O) groups excluding carboxylic acids is 2. The topological polar surface area (TPSA) is 86.8 Å². The summed E-state index contributed by atoms with van der Waals surface area (Å²) < 4.78 is 29.3. The van der Waals surface area contributed by atoms with Crippen LogP contribution in [0.3, 0.4) is 0 Å². The Morgan fingerprint density at radius 2 is 1.48 bits per heavy atom. The minimum Gasteiger partial charge on any atom is -0.352 e. The predicted molar refractivity (Wildman–Crippen MR) is 168 cm³/mol. The molecule has 1 aliphatic rings. The number of nitrogens with zero attached hydrogens (tertiary/aromatic N) is 2. The Hall–Kier alpha value is -3.65. The van der Waals surface area contributed by atoms with Gasteiger partial charge in [0.2, 0.25) is 11.8 Å². The molecule has 3 aromatic rings. The van der Waals surface area contributed by atoms with Crippen LogP contribution in [0.15, 0.2) is 77.7 Å². The lowest BCUT2D eigenvalue weighted by Gasteiger charge is -2.35. The van der Waals surface area contributed by atoms with Crippen LogP contribution in [0.5, 0.6) is 0 Å². The molecule has 1 unspecified atom stereocenters. The zero-order valence-electron chi connectivity index (χ0n) is 25.2. The van der Waals surface area contributed by atoms with Crippen molar-refractivity contribution < 1.29 is 18.0 Å². The first kappa shape index (κ1) is 31.3. The molecule has 0 bridgehead atoms. The second-order valence-electron chi connectivity index (χ2n) is 11.3. The summed E-state index contributed by atoms with van der Waals surface area (Å²) in [5.41, 5.74) is 4.02. The van der Waals surface area contributed by atoms with Gasteiger partial charge in [-0.2, -0.15) is 0 Å². The molecule has 1 aliphatic carbocycles. The molecule has 0 spiro atoms. The maximum atomic E-state index is 14.3. The van der Waals surface area contributed by atoms with E-state index in [-0.39, 0.29) is 23.4 Å². The number of aryl methyl sites for hydroxylation is 3. The largest absolute Gasteiger partial charge is 0.352 e. The van der Waals surface area contributed by atoms with Gasteiger partial charge in [0.25, 0.3) is 10.0 Å². The van der Waals surface area contributed by atoms with Gasteiger partial charge in [-0.05, 0) is 74.9 Å². The molecule has 4 rings (SSSR count). The lowest BCUT2D eigenvalue weighted by atomic mass is 9.95. The molecule has 3 aromatic carbocycles. The standard InChI is InChI=1S/C34H43N3O4S/c1-5-31(34(39)35-29-16-7-6-8-17-29)36(23-28-15-11-9-13-26(28)3)33(38)24-37(32-18-12-10-14-27(32)4)42(40,41)30-21-19-25(2)20-22-30/h9-15,18-22,29,31H,5-8,16-17,23-24H2,1-4H3,(H,35,39). The van der Waals surface area contributed by atoms with E-state index in [0.29, 0.717) is 12.1 Å². The van der Waals surface area contributed by atoms with Gasteiger partial charge >= 0.3 is 0 Å². The van der Waals surface area contributed by atoms with Crippen molar-refractivity contribution in [1.29, 1.82) is 0 Å². The Balaban J connectivity index is 1.72. The number of anilines is 1. The van der Waals surface area contributed by atoms with Gasteiger partial charge in [-0.25, -0.2) is 8.42 Å². The number of amides is 2. The van der Waals surface area contributed by atoms with E-state index in [2.05, 4.69) is 5.32 Å². The van der Waals surface area contributed by atoms with Crippen molar-refractivity contribution in [3.63, 3.8) is 0 Å². The molecular formula is C34H43N3O4S. The van der Waals surface area contributed by atoms with E-state index < -0.39 is 28.5 Å². The number of para-hydroxylation sites is 1. The average Bonchev–Trinajstić information content (AvgIpc) is 2.98. The van der Waals surface area contributed by atoms with Gasteiger partial charge in [0.1, 0.15) is 12.6 Å². The SMILES string of the molecule is CCC(C(=O)NC1CCCCC1)N(Cc1ccccc1C)C(=O)CN(c1ccccc1C)S(=O)(=O)c1ccc(C)cc1. The zero-order chi connectivity index (χ0) is 30.3. The minimum absolute atomic E-state index is 0.0982. The fourth-order valence-electron chi connectivity index (χ4n) is 5.63. The molecule has 1 saturated carbocycles. The molecule has 2 amide bonds. The normalized spacial score (nSPS) is 14.7. The van der Waals surface area contributed by atoms with E-state index in [1.165, 1.54) is 10.7 Å². The van der Waals surface area contributed by atoms with Crippen LogP contribution in [0.2, 0.25) is 0 Å². The molecule has 0 radical (unpaired) electrons. The molecule has 42 heavy (non-hydrogen) atoms. The fraction of sp³-hybridized carbons (Fsp3) is 0.412. The summed E-state index contributed by atoms with van der Waals surface area (Å²) in [5.74, 6) is -0.613. The summed E-state index contributed by atoms with van der Waals surface area (Å²) in [6.07, 6.45) is 5.61. The Bertz CT molecular complexity index is 1480.